The molecule has 0 radical (unpaired) electrons. The third kappa shape index (κ3) is 3.96. The molecule has 0 bridgehead atoms. The minimum atomic E-state index is 0.0773. The molecule has 1 amide bonds. The summed E-state index contributed by atoms with van der Waals surface area (Å²) in [4.78, 5) is 12.1. The van der Waals surface area contributed by atoms with Crippen molar-refractivity contribution < 1.29 is 14.1 Å². The maximum Gasteiger partial charge on any atom is 0.220 e. The van der Waals surface area contributed by atoms with E-state index in [9.17, 15) is 4.79 Å². The second kappa shape index (κ2) is 7.51. The number of hydrogen-bond acceptors (Lipinski definition) is 4. The number of carbonyl (C=O) groups excluding carboxylic acids is 1. The van der Waals surface area contributed by atoms with E-state index in [1.165, 1.54) is 5.56 Å². The molecule has 3 rings (SSSR count). The second-order valence-corrected chi connectivity index (χ2v) is 6.42. The first-order chi connectivity index (χ1) is 11.6. The van der Waals surface area contributed by atoms with E-state index in [0.29, 0.717) is 31.9 Å². The number of aryl methyl sites for hydroxylation is 2. The number of amides is 1. The smallest absolute Gasteiger partial charge is 0.220 e. The monoisotopic (exact) mass is 328 g/mol. The summed E-state index contributed by atoms with van der Waals surface area (Å²) in [6.07, 6.45) is 3.03. The number of fused-ring (bicyclic) bond motifs is 1. The third-order valence-corrected chi connectivity index (χ3v) is 4.64. The highest BCUT2D eigenvalue weighted by Crippen LogP contribution is 2.26. The van der Waals surface area contributed by atoms with Gasteiger partial charge in [-0.15, -0.1) is 0 Å². The summed E-state index contributed by atoms with van der Waals surface area (Å²) in [6, 6.07) is 8.15. The molecule has 2 heterocycles. The van der Waals surface area contributed by atoms with Gasteiger partial charge in [-0.3, -0.25) is 4.79 Å². The zero-order chi connectivity index (χ0) is 16.9. The van der Waals surface area contributed by atoms with Crippen molar-refractivity contribution in [1.82, 2.24) is 10.5 Å². The molecule has 5 nitrogen and oxygen atoms in total. The number of ether oxygens (including phenoxy) is 1. The Morgan fingerprint density at radius 3 is 2.96 bits per heavy atom. The number of nitrogens with one attached hydrogen (secondary N) is 1. The van der Waals surface area contributed by atoms with Gasteiger partial charge in [0.1, 0.15) is 11.5 Å². The zero-order valence-corrected chi connectivity index (χ0v) is 14.3. The molecule has 0 saturated carbocycles. The first kappa shape index (κ1) is 16.6. The van der Waals surface area contributed by atoms with Crippen LogP contribution in [-0.2, 0) is 17.6 Å². The van der Waals surface area contributed by atoms with Gasteiger partial charge in [-0.25, -0.2) is 0 Å². The molecular weight excluding hydrogens is 304 g/mol. The number of hydrogen-bond donors (Lipinski definition) is 1. The number of aromatic nitrogens is 1. The number of para-hydroxylation sites is 1. The van der Waals surface area contributed by atoms with Crippen LogP contribution < -0.4 is 10.1 Å². The molecule has 1 N–H and O–H groups in total. The Morgan fingerprint density at radius 2 is 2.17 bits per heavy atom. The Balaban J connectivity index is 1.48. The lowest BCUT2D eigenvalue weighted by Crippen LogP contribution is -2.30. The molecule has 1 aromatic carbocycles. The van der Waals surface area contributed by atoms with Gasteiger partial charge in [0.05, 0.1) is 12.3 Å². The van der Waals surface area contributed by atoms with Crippen LogP contribution in [0.2, 0.25) is 0 Å². The van der Waals surface area contributed by atoms with Gasteiger partial charge in [-0.2, -0.15) is 0 Å². The molecule has 24 heavy (non-hydrogen) atoms. The summed E-state index contributed by atoms with van der Waals surface area (Å²) in [7, 11) is 0. The van der Waals surface area contributed by atoms with E-state index >= 15 is 0 Å². The lowest BCUT2D eigenvalue weighted by molar-refractivity contribution is -0.121. The quantitative estimate of drug-likeness (QED) is 0.916. The van der Waals surface area contributed by atoms with Crippen LogP contribution in [0.3, 0.4) is 0 Å². The van der Waals surface area contributed by atoms with Gasteiger partial charge in [0, 0.05) is 18.5 Å². The van der Waals surface area contributed by atoms with Gasteiger partial charge >= 0.3 is 0 Å². The molecule has 1 unspecified atom stereocenters. The summed E-state index contributed by atoms with van der Waals surface area (Å²) in [5.41, 5.74) is 3.14. The molecule has 0 spiro atoms. The minimum absolute atomic E-state index is 0.0773. The molecular formula is C19H24N2O3. The van der Waals surface area contributed by atoms with Gasteiger partial charge in [0.15, 0.2) is 0 Å². The maximum atomic E-state index is 12.1. The van der Waals surface area contributed by atoms with Gasteiger partial charge in [0.2, 0.25) is 5.91 Å². The normalized spacial score (nSPS) is 16.8. The van der Waals surface area contributed by atoms with Crippen molar-refractivity contribution in [3.05, 3.63) is 46.8 Å². The minimum Gasteiger partial charge on any atom is -0.493 e. The largest absolute Gasteiger partial charge is 0.493 e. The Kier molecular flexibility index (Phi) is 5.18. The van der Waals surface area contributed by atoms with E-state index in [1.54, 1.807) is 0 Å². The molecule has 1 aliphatic heterocycles. The third-order valence-electron chi connectivity index (χ3n) is 4.64. The predicted octanol–water partition coefficient (Wildman–Crippen LogP) is 2.98. The van der Waals surface area contributed by atoms with Crippen LogP contribution in [-0.4, -0.2) is 24.2 Å². The van der Waals surface area contributed by atoms with Gasteiger partial charge < -0.3 is 14.6 Å². The average molecular weight is 328 g/mol. The van der Waals surface area contributed by atoms with Gasteiger partial charge in [-0.05, 0) is 50.7 Å². The standard InChI is InChI=1S/C19H24N2O3/c1-13-17(14(2)24-21-13)7-8-19(22)20-12-15-9-10-23-18-6-4-3-5-16(18)11-15/h3-6,15H,7-12H2,1-2H3,(H,20,22). The SMILES string of the molecule is Cc1noc(C)c1CCC(=O)NCC1CCOc2ccccc2C1. The fourth-order valence-corrected chi connectivity index (χ4v) is 3.18. The van der Waals surface area contributed by atoms with Crippen LogP contribution in [0.1, 0.15) is 35.4 Å². The van der Waals surface area contributed by atoms with Crippen LogP contribution in [0.25, 0.3) is 0 Å². The van der Waals surface area contributed by atoms with E-state index in [0.717, 1.165) is 35.6 Å². The van der Waals surface area contributed by atoms with Crippen molar-refractivity contribution in [3.63, 3.8) is 0 Å². The molecule has 2 aromatic rings. The molecule has 1 aromatic heterocycles. The number of rotatable bonds is 5. The molecule has 5 heteroatoms. The predicted molar refractivity (Wildman–Crippen MR) is 91.1 cm³/mol. The average Bonchev–Trinajstić information content (AvgIpc) is 2.79. The highest BCUT2D eigenvalue weighted by Gasteiger charge is 2.18. The van der Waals surface area contributed by atoms with Crippen LogP contribution in [0.5, 0.6) is 5.75 Å². The summed E-state index contributed by atoms with van der Waals surface area (Å²) < 4.78 is 10.9. The van der Waals surface area contributed by atoms with E-state index < -0.39 is 0 Å². The first-order valence-electron chi connectivity index (χ1n) is 8.52. The van der Waals surface area contributed by atoms with E-state index in [2.05, 4.69) is 16.5 Å². The second-order valence-electron chi connectivity index (χ2n) is 6.42. The highest BCUT2D eigenvalue weighted by atomic mass is 16.5. The Morgan fingerprint density at radius 1 is 1.33 bits per heavy atom. The van der Waals surface area contributed by atoms with Crippen LogP contribution in [0.4, 0.5) is 0 Å². The Bertz CT molecular complexity index is 689. The molecule has 0 aliphatic carbocycles. The number of nitrogens with zero attached hydrogens (tertiary/aromatic N) is 1. The van der Waals surface area contributed by atoms with Crippen molar-refractivity contribution in [2.24, 2.45) is 5.92 Å². The number of benzene rings is 1. The van der Waals surface area contributed by atoms with E-state index in [4.69, 9.17) is 9.26 Å². The number of carbonyl (C=O) groups is 1. The maximum absolute atomic E-state index is 12.1. The van der Waals surface area contributed by atoms with Crippen molar-refractivity contribution in [3.8, 4) is 5.75 Å². The molecule has 0 saturated heterocycles. The van der Waals surface area contributed by atoms with Crippen molar-refractivity contribution in [2.75, 3.05) is 13.2 Å². The van der Waals surface area contributed by atoms with Gasteiger partial charge in [0.25, 0.3) is 0 Å². The lowest BCUT2D eigenvalue weighted by atomic mass is 9.97. The van der Waals surface area contributed by atoms with Crippen LogP contribution in [0, 0.1) is 19.8 Å². The van der Waals surface area contributed by atoms with Gasteiger partial charge in [-0.1, -0.05) is 23.4 Å². The topological polar surface area (TPSA) is 64.4 Å². The lowest BCUT2D eigenvalue weighted by Gasteiger charge is -2.14. The van der Waals surface area contributed by atoms with Crippen LogP contribution in [0.15, 0.2) is 28.8 Å². The highest BCUT2D eigenvalue weighted by molar-refractivity contribution is 5.76. The van der Waals surface area contributed by atoms with E-state index in [1.807, 2.05) is 32.0 Å². The first-order valence-corrected chi connectivity index (χ1v) is 8.52. The molecule has 0 fully saturated rings. The van der Waals surface area contributed by atoms with Crippen LogP contribution >= 0.6 is 0 Å². The molecule has 128 valence electrons. The molecule has 1 atom stereocenters. The van der Waals surface area contributed by atoms with Crippen molar-refractivity contribution in [1.29, 1.82) is 0 Å². The van der Waals surface area contributed by atoms with Crippen molar-refractivity contribution in [2.45, 2.75) is 39.5 Å². The zero-order valence-electron chi connectivity index (χ0n) is 14.3. The van der Waals surface area contributed by atoms with E-state index in [-0.39, 0.29) is 5.91 Å². The summed E-state index contributed by atoms with van der Waals surface area (Å²) in [6.45, 7) is 5.19. The fraction of sp³-hybridized carbons (Fsp3) is 0.474. The Labute approximate surface area is 142 Å². The fourth-order valence-electron chi connectivity index (χ4n) is 3.18. The summed E-state index contributed by atoms with van der Waals surface area (Å²) in [5.74, 6) is 2.27. The summed E-state index contributed by atoms with van der Waals surface area (Å²) in [5, 5.41) is 6.99. The summed E-state index contributed by atoms with van der Waals surface area (Å²) >= 11 is 0. The van der Waals surface area contributed by atoms with Crippen molar-refractivity contribution >= 4 is 5.91 Å². The molecule has 1 aliphatic rings. The Hall–Kier alpha value is -2.30.